The number of fused-ring (bicyclic) bond motifs is 8. The molecule has 0 aromatic heterocycles. The number of para-hydroxylation sites is 4. The third-order valence-corrected chi connectivity index (χ3v) is 15.9. The van der Waals surface area contributed by atoms with Gasteiger partial charge in [-0.2, -0.15) is 0 Å². The maximum atomic E-state index is 6.77. The summed E-state index contributed by atoms with van der Waals surface area (Å²) >= 11 is 0. The molecule has 0 unspecified atom stereocenters. The molecule has 246 valence electrons. The highest BCUT2D eigenvalue weighted by molar-refractivity contribution is 7.20. The van der Waals surface area contributed by atoms with Gasteiger partial charge in [0.1, 0.15) is 11.5 Å². The molecule has 2 heterocycles. The number of nitrogens with zero attached hydrogens (tertiary/aromatic N) is 1. The molecule has 10 rings (SSSR count). The average Bonchev–Trinajstić information content (AvgIpc) is 3.22. The molecule has 52 heavy (non-hydrogen) atoms. The molecule has 0 N–H and O–H groups in total. The van der Waals surface area contributed by atoms with Crippen LogP contribution in [-0.2, 0) is 5.41 Å². The minimum absolute atomic E-state index is 0.646. The standard InChI is InChI=1S/C49H35NOSi/c1-5-19-36(20-6-1)50(37-21-7-2-8-22-37)38-33-34-48-44(35-38)49(41-27-13-16-30-45(41)51-46-31-17-14-28-42(46)49)43-29-15-18-32-47(43)52(48,39-23-9-3-10-24-39)40-25-11-4-12-26-40/h1-35H. The molecular formula is C49H35NOSi. The fourth-order valence-corrected chi connectivity index (χ4v) is 14.3. The highest BCUT2D eigenvalue weighted by Gasteiger charge is 2.57. The number of benzene rings is 8. The van der Waals surface area contributed by atoms with Crippen molar-refractivity contribution < 1.29 is 4.74 Å². The normalized spacial score (nSPS) is 14.2. The van der Waals surface area contributed by atoms with Crippen molar-refractivity contribution in [3.63, 3.8) is 0 Å². The van der Waals surface area contributed by atoms with E-state index < -0.39 is 13.5 Å². The predicted molar refractivity (Wildman–Crippen MR) is 217 cm³/mol. The lowest BCUT2D eigenvalue weighted by atomic mass is 9.63. The summed E-state index contributed by atoms with van der Waals surface area (Å²) in [5.41, 5.74) is 7.62. The molecule has 2 aliphatic heterocycles. The second-order valence-electron chi connectivity index (χ2n) is 13.6. The van der Waals surface area contributed by atoms with E-state index in [0.717, 1.165) is 39.7 Å². The van der Waals surface area contributed by atoms with Crippen LogP contribution in [0.25, 0.3) is 0 Å². The van der Waals surface area contributed by atoms with Crippen molar-refractivity contribution in [1.82, 2.24) is 0 Å². The fraction of sp³-hybridized carbons (Fsp3) is 0.0204. The molecule has 0 amide bonds. The van der Waals surface area contributed by atoms with E-state index in [9.17, 15) is 0 Å². The van der Waals surface area contributed by atoms with Crippen LogP contribution in [0.2, 0.25) is 0 Å². The van der Waals surface area contributed by atoms with Crippen LogP contribution in [0, 0.1) is 0 Å². The van der Waals surface area contributed by atoms with Crippen molar-refractivity contribution in [3.8, 4) is 11.5 Å². The first-order chi connectivity index (χ1) is 25.8. The van der Waals surface area contributed by atoms with Crippen molar-refractivity contribution in [2.45, 2.75) is 5.41 Å². The Bertz CT molecular complexity index is 2430. The van der Waals surface area contributed by atoms with Gasteiger partial charge in [0, 0.05) is 28.2 Å². The summed E-state index contributed by atoms with van der Waals surface area (Å²) in [4.78, 5) is 2.39. The molecule has 0 atom stereocenters. The zero-order chi connectivity index (χ0) is 34.5. The van der Waals surface area contributed by atoms with Gasteiger partial charge in [0.2, 0.25) is 0 Å². The van der Waals surface area contributed by atoms with Crippen molar-refractivity contribution in [2.24, 2.45) is 0 Å². The fourth-order valence-electron chi connectivity index (χ4n) is 9.08. The number of hydrogen-bond acceptors (Lipinski definition) is 2. The van der Waals surface area contributed by atoms with Crippen LogP contribution in [0.5, 0.6) is 11.5 Å². The highest BCUT2D eigenvalue weighted by atomic mass is 28.3. The molecule has 2 nitrogen and oxygen atoms in total. The molecule has 1 spiro atoms. The zero-order valence-electron chi connectivity index (χ0n) is 28.6. The maximum Gasteiger partial charge on any atom is 0.180 e. The van der Waals surface area contributed by atoms with Gasteiger partial charge in [0.05, 0.1) is 5.41 Å². The first-order valence-electron chi connectivity index (χ1n) is 17.9. The molecule has 0 bridgehead atoms. The van der Waals surface area contributed by atoms with E-state index in [1.165, 1.54) is 31.9 Å². The molecule has 0 aliphatic carbocycles. The Balaban J connectivity index is 1.41. The Hall–Kier alpha value is -6.42. The number of ether oxygens (including phenoxy) is 1. The largest absolute Gasteiger partial charge is 0.457 e. The van der Waals surface area contributed by atoms with Gasteiger partial charge < -0.3 is 9.64 Å². The zero-order valence-corrected chi connectivity index (χ0v) is 29.6. The third-order valence-electron chi connectivity index (χ3n) is 11.0. The van der Waals surface area contributed by atoms with Crippen molar-refractivity contribution in [2.75, 3.05) is 4.90 Å². The summed E-state index contributed by atoms with van der Waals surface area (Å²) in [5, 5.41) is 5.53. The summed E-state index contributed by atoms with van der Waals surface area (Å²) in [6, 6.07) is 77.9. The molecule has 2 aliphatic rings. The molecule has 0 saturated heterocycles. The monoisotopic (exact) mass is 681 g/mol. The Morgan fingerprint density at radius 2 is 0.769 bits per heavy atom. The summed E-state index contributed by atoms with van der Waals surface area (Å²) in [6.07, 6.45) is 0. The molecular weight excluding hydrogens is 647 g/mol. The van der Waals surface area contributed by atoms with E-state index >= 15 is 0 Å². The van der Waals surface area contributed by atoms with Crippen LogP contribution in [0.15, 0.2) is 212 Å². The van der Waals surface area contributed by atoms with Crippen LogP contribution in [-0.4, -0.2) is 8.07 Å². The van der Waals surface area contributed by atoms with Crippen LogP contribution in [0.3, 0.4) is 0 Å². The van der Waals surface area contributed by atoms with Gasteiger partial charge in [-0.05, 0) is 80.4 Å². The number of hydrogen-bond donors (Lipinski definition) is 0. The molecule has 0 saturated carbocycles. The van der Waals surface area contributed by atoms with E-state index in [4.69, 9.17) is 4.74 Å². The summed E-state index contributed by atoms with van der Waals surface area (Å²) in [5.74, 6) is 1.79. The smallest absolute Gasteiger partial charge is 0.180 e. The first-order valence-corrected chi connectivity index (χ1v) is 19.9. The van der Waals surface area contributed by atoms with Gasteiger partial charge >= 0.3 is 0 Å². The highest BCUT2D eigenvalue weighted by Crippen LogP contribution is 2.56. The lowest BCUT2D eigenvalue weighted by molar-refractivity contribution is 0.435. The second-order valence-corrected chi connectivity index (χ2v) is 17.3. The van der Waals surface area contributed by atoms with Crippen molar-refractivity contribution in [1.29, 1.82) is 0 Å². The third kappa shape index (κ3) is 4.30. The maximum absolute atomic E-state index is 6.77. The van der Waals surface area contributed by atoms with Gasteiger partial charge in [0.25, 0.3) is 0 Å². The minimum Gasteiger partial charge on any atom is -0.457 e. The number of rotatable bonds is 5. The molecule has 8 aromatic rings. The van der Waals surface area contributed by atoms with E-state index in [-0.39, 0.29) is 0 Å². The molecule has 0 radical (unpaired) electrons. The average molecular weight is 682 g/mol. The Kier molecular flexibility index (Phi) is 7.09. The van der Waals surface area contributed by atoms with E-state index in [1.54, 1.807) is 0 Å². The van der Waals surface area contributed by atoms with E-state index in [0.29, 0.717) is 0 Å². The van der Waals surface area contributed by atoms with Crippen LogP contribution < -0.4 is 30.4 Å². The van der Waals surface area contributed by atoms with Crippen molar-refractivity contribution in [3.05, 3.63) is 235 Å². The Morgan fingerprint density at radius 3 is 1.31 bits per heavy atom. The van der Waals surface area contributed by atoms with Crippen LogP contribution in [0.1, 0.15) is 22.3 Å². The lowest BCUT2D eigenvalue weighted by Crippen LogP contribution is -2.79. The van der Waals surface area contributed by atoms with Gasteiger partial charge in [-0.15, -0.1) is 0 Å². The number of anilines is 3. The molecule has 0 fully saturated rings. The first kappa shape index (κ1) is 30.4. The Morgan fingerprint density at radius 1 is 0.346 bits per heavy atom. The van der Waals surface area contributed by atoms with Crippen LogP contribution >= 0.6 is 0 Å². The second kappa shape index (κ2) is 12.1. The van der Waals surface area contributed by atoms with E-state index in [2.05, 4.69) is 217 Å². The van der Waals surface area contributed by atoms with E-state index in [1.807, 2.05) is 0 Å². The van der Waals surface area contributed by atoms with Crippen molar-refractivity contribution >= 4 is 45.9 Å². The lowest BCUT2D eigenvalue weighted by Gasteiger charge is -2.51. The predicted octanol–water partition coefficient (Wildman–Crippen LogP) is 9.34. The minimum atomic E-state index is -2.90. The Labute approximate surface area is 305 Å². The quantitative estimate of drug-likeness (QED) is 0.168. The molecule has 3 heteroatoms. The van der Waals surface area contributed by atoms with Gasteiger partial charge in [-0.1, -0.05) is 164 Å². The summed E-state index contributed by atoms with van der Waals surface area (Å²) < 4.78 is 6.77. The molecule has 8 aromatic carbocycles. The summed E-state index contributed by atoms with van der Waals surface area (Å²) in [7, 11) is -2.90. The van der Waals surface area contributed by atoms with Gasteiger partial charge in [0.15, 0.2) is 8.07 Å². The van der Waals surface area contributed by atoms with Gasteiger partial charge in [-0.3, -0.25) is 0 Å². The summed E-state index contributed by atoms with van der Waals surface area (Å²) in [6.45, 7) is 0. The topological polar surface area (TPSA) is 12.5 Å². The van der Waals surface area contributed by atoms with Crippen LogP contribution in [0.4, 0.5) is 17.1 Å². The van der Waals surface area contributed by atoms with Gasteiger partial charge in [-0.25, -0.2) is 0 Å². The SMILES string of the molecule is c1ccc(N(c2ccccc2)c2ccc3c(c2)C2(c4ccccc4Oc4ccccc42)c2ccccc2[Si]3(c2ccccc2)c2ccccc2)cc1.